The first-order valence-corrected chi connectivity index (χ1v) is 10.2. The lowest BCUT2D eigenvalue weighted by atomic mass is 10.1. The average molecular weight is 403 g/mol. The van der Waals surface area contributed by atoms with E-state index in [-0.39, 0.29) is 11.5 Å². The van der Waals surface area contributed by atoms with Crippen LogP contribution in [0.25, 0.3) is 0 Å². The first-order valence-electron chi connectivity index (χ1n) is 8.83. The molecular weight excluding hydrogens is 384 g/mol. The molecule has 4 rings (SSSR count). The Balaban J connectivity index is 1.53. The minimum absolute atomic E-state index is 0.0118. The molecule has 6 nitrogen and oxygen atoms in total. The third-order valence-corrected chi connectivity index (χ3v) is 5.66. The van der Waals surface area contributed by atoms with Gasteiger partial charge in [-0.25, -0.2) is 0 Å². The Morgan fingerprint density at radius 1 is 1.19 bits per heavy atom. The number of hydrogen-bond acceptors (Lipinski definition) is 6. The summed E-state index contributed by atoms with van der Waals surface area (Å²) in [5, 5.41) is 10.00. The van der Waals surface area contributed by atoms with Gasteiger partial charge < -0.3 is 9.32 Å². The van der Waals surface area contributed by atoms with Crippen molar-refractivity contribution in [3.8, 4) is 0 Å². The highest BCUT2D eigenvalue weighted by Crippen LogP contribution is 2.26. The van der Waals surface area contributed by atoms with Gasteiger partial charge in [-0.2, -0.15) is 0 Å². The Morgan fingerprint density at radius 3 is 2.78 bits per heavy atom. The molecule has 0 radical (unpaired) electrons. The van der Waals surface area contributed by atoms with Gasteiger partial charge in [-0.05, 0) is 37.1 Å². The molecule has 1 saturated heterocycles. The number of benzene rings is 1. The van der Waals surface area contributed by atoms with Crippen molar-refractivity contribution < 1.29 is 9.21 Å². The van der Waals surface area contributed by atoms with E-state index in [0.29, 0.717) is 22.3 Å². The fraction of sp³-hybridized carbons (Fsp3) is 0.316. The van der Waals surface area contributed by atoms with Gasteiger partial charge in [0.2, 0.25) is 5.95 Å². The van der Waals surface area contributed by atoms with E-state index in [4.69, 9.17) is 16.0 Å². The number of hydrogen-bond donors (Lipinski definition) is 0. The molecule has 1 aliphatic heterocycles. The lowest BCUT2D eigenvalue weighted by Gasteiger charge is -2.17. The van der Waals surface area contributed by atoms with Gasteiger partial charge in [0.1, 0.15) is 5.76 Å². The Labute approximate surface area is 166 Å². The number of Topliss-reactive ketones (excluding diaryl/α,β-unsaturated/α-hetero) is 1. The van der Waals surface area contributed by atoms with E-state index < -0.39 is 0 Å². The van der Waals surface area contributed by atoms with Crippen molar-refractivity contribution in [3.63, 3.8) is 0 Å². The van der Waals surface area contributed by atoms with Crippen LogP contribution >= 0.6 is 23.4 Å². The van der Waals surface area contributed by atoms with Crippen LogP contribution in [-0.4, -0.2) is 39.4 Å². The van der Waals surface area contributed by atoms with E-state index in [2.05, 4.69) is 15.1 Å². The van der Waals surface area contributed by atoms with Crippen molar-refractivity contribution in [3.05, 3.63) is 59.0 Å². The number of rotatable bonds is 7. The van der Waals surface area contributed by atoms with Crippen LogP contribution in [0.15, 0.2) is 52.2 Å². The second-order valence-electron chi connectivity index (χ2n) is 6.36. The molecule has 0 N–H and O–H groups in total. The molecule has 0 atom stereocenters. The van der Waals surface area contributed by atoms with Gasteiger partial charge in [0.15, 0.2) is 10.9 Å². The maximum Gasteiger partial charge on any atom is 0.228 e. The van der Waals surface area contributed by atoms with E-state index in [1.165, 1.54) is 11.8 Å². The molecule has 27 heavy (non-hydrogen) atoms. The van der Waals surface area contributed by atoms with Crippen LogP contribution in [0.2, 0.25) is 5.02 Å². The zero-order valence-electron chi connectivity index (χ0n) is 14.7. The highest BCUT2D eigenvalue weighted by Gasteiger charge is 2.22. The summed E-state index contributed by atoms with van der Waals surface area (Å²) in [5.41, 5.74) is 0.604. The maximum atomic E-state index is 12.5. The van der Waals surface area contributed by atoms with Crippen molar-refractivity contribution in [2.45, 2.75) is 24.5 Å². The number of ketones is 1. The van der Waals surface area contributed by atoms with Crippen LogP contribution in [0, 0.1) is 0 Å². The molecule has 3 heterocycles. The number of halogens is 1. The van der Waals surface area contributed by atoms with Gasteiger partial charge >= 0.3 is 0 Å². The van der Waals surface area contributed by atoms with Crippen LogP contribution in [0.3, 0.4) is 0 Å². The van der Waals surface area contributed by atoms with Crippen LogP contribution < -0.4 is 4.90 Å². The van der Waals surface area contributed by atoms with Gasteiger partial charge in [-0.3, -0.25) is 9.36 Å². The van der Waals surface area contributed by atoms with Gasteiger partial charge in [0.05, 0.1) is 18.6 Å². The quantitative estimate of drug-likeness (QED) is 0.437. The SMILES string of the molecule is O=C(CSc1nnc(N2CCCC2)n1Cc1ccco1)c1cccc(Cl)c1. The van der Waals surface area contributed by atoms with Crippen LogP contribution in [0.5, 0.6) is 0 Å². The standard InChI is InChI=1S/C19H19ClN4O2S/c20-15-6-3-5-14(11-15)17(25)13-27-19-22-21-18(23-8-1-2-9-23)24(19)12-16-7-4-10-26-16/h3-7,10-11H,1-2,8-9,12-13H2. The zero-order chi connectivity index (χ0) is 18.6. The molecule has 1 aliphatic rings. The molecule has 0 unspecified atom stereocenters. The lowest BCUT2D eigenvalue weighted by molar-refractivity contribution is 0.102. The smallest absolute Gasteiger partial charge is 0.228 e. The van der Waals surface area contributed by atoms with Crippen molar-refractivity contribution >= 4 is 35.1 Å². The number of carbonyl (C=O) groups excluding carboxylic acids is 1. The summed E-state index contributed by atoms with van der Waals surface area (Å²) < 4.78 is 7.53. The lowest BCUT2D eigenvalue weighted by Crippen LogP contribution is -2.22. The van der Waals surface area contributed by atoms with Gasteiger partial charge in [-0.15, -0.1) is 10.2 Å². The van der Waals surface area contributed by atoms with E-state index in [0.717, 1.165) is 37.6 Å². The van der Waals surface area contributed by atoms with Crippen molar-refractivity contribution in [1.82, 2.24) is 14.8 Å². The summed E-state index contributed by atoms with van der Waals surface area (Å²) in [7, 11) is 0. The van der Waals surface area contributed by atoms with Gasteiger partial charge in [0, 0.05) is 23.7 Å². The first kappa shape index (κ1) is 18.1. The van der Waals surface area contributed by atoms with Crippen molar-refractivity contribution in [2.75, 3.05) is 23.7 Å². The Morgan fingerprint density at radius 2 is 2.04 bits per heavy atom. The van der Waals surface area contributed by atoms with E-state index in [1.54, 1.807) is 30.5 Å². The van der Waals surface area contributed by atoms with Crippen LogP contribution in [0.4, 0.5) is 5.95 Å². The average Bonchev–Trinajstić information content (AvgIpc) is 3.42. The monoisotopic (exact) mass is 402 g/mol. The molecule has 0 aliphatic carbocycles. The third-order valence-electron chi connectivity index (χ3n) is 4.46. The molecule has 3 aromatic rings. The molecule has 0 saturated carbocycles. The molecule has 1 fully saturated rings. The molecule has 0 amide bonds. The van der Waals surface area contributed by atoms with E-state index >= 15 is 0 Å². The number of thioether (sulfide) groups is 1. The molecular formula is C19H19ClN4O2S. The maximum absolute atomic E-state index is 12.5. The second-order valence-corrected chi connectivity index (χ2v) is 7.74. The van der Waals surface area contributed by atoms with Gasteiger partial charge in [0.25, 0.3) is 0 Å². The zero-order valence-corrected chi connectivity index (χ0v) is 16.2. The molecule has 8 heteroatoms. The highest BCUT2D eigenvalue weighted by molar-refractivity contribution is 7.99. The number of carbonyl (C=O) groups is 1. The Kier molecular flexibility index (Phi) is 5.50. The van der Waals surface area contributed by atoms with Crippen molar-refractivity contribution in [1.29, 1.82) is 0 Å². The molecule has 0 spiro atoms. The summed E-state index contributed by atoms with van der Waals surface area (Å²) >= 11 is 7.37. The first-order chi connectivity index (χ1) is 13.2. The molecule has 1 aromatic carbocycles. The molecule has 140 valence electrons. The molecule has 2 aromatic heterocycles. The summed E-state index contributed by atoms with van der Waals surface area (Å²) in [5.74, 6) is 1.95. The minimum Gasteiger partial charge on any atom is -0.467 e. The highest BCUT2D eigenvalue weighted by atomic mass is 35.5. The summed E-state index contributed by atoms with van der Waals surface area (Å²) in [6.07, 6.45) is 3.97. The summed E-state index contributed by atoms with van der Waals surface area (Å²) in [4.78, 5) is 14.7. The minimum atomic E-state index is 0.0118. The Bertz CT molecular complexity index is 920. The molecule has 0 bridgehead atoms. The summed E-state index contributed by atoms with van der Waals surface area (Å²) in [6.45, 7) is 2.49. The fourth-order valence-electron chi connectivity index (χ4n) is 3.11. The second kappa shape index (κ2) is 8.19. The normalized spacial score (nSPS) is 14.0. The predicted molar refractivity (Wildman–Crippen MR) is 106 cm³/mol. The topological polar surface area (TPSA) is 64.2 Å². The van der Waals surface area contributed by atoms with Crippen LogP contribution in [-0.2, 0) is 6.54 Å². The number of anilines is 1. The summed E-state index contributed by atoms with van der Waals surface area (Å²) in [6, 6.07) is 10.8. The predicted octanol–water partition coefficient (Wildman–Crippen LogP) is 4.15. The Hall–Kier alpha value is -2.25. The van der Waals surface area contributed by atoms with Crippen molar-refractivity contribution in [2.24, 2.45) is 0 Å². The number of furan rings is 1. The largest absolute Gasteiger partial charge is 0.467 e. The van der Waals surface area contributed by atoms with Crippen LogP contribution in [0.1, 0.15) is 29.0 Å². The fourth-order valence-corrected chi connectivity index (χ4v) is 4.13. The van der Waals surface area contributed by atoms with E-state index in [9.17, 15) is 4.79 Å². The number of nitrogens with zero attached hydrogens (tertiary/aromatic N) is 4. The number of aromatic nitrogens is 3. The van der Waals surface area contributed by atoms with E-state index in [1.807, 2.05) is 16.7 Å². The van der Waals surface area contributed by atoms with Gasteiger partial charge in [-0.1, -0.05) is 35.5 Å². The third kappa shape index (κ3) is 4.20.